The van der Waals surface area contributed by atoms with Gasteiger partial charge in [-0.15, -0.1) is 5.10 Å². The van der Waals surface area contributed by atoms with Crippen LogP contribution in [0.25, 0.3) is 0 Å². The third kappa shape index (κ3) is 5.04. The van der Waals surface area contributed by atoms with Crippen LogP contribution in [0.5, 0.6) is 5.75 Å². The number of hydrogen-bond acceptors (Lipinski definition) is 7. The third-order valence-corrected chi connectivity index (χ3v) is 5.64. The maximum atomic E-state index is 6.47. The highest BCUT2D eigenvalue weighted by Gasteiger charge is 2.41. The van der Waals surface area contributed by atoms with Crippen LogP contribution in [0.3, 0.4) is 0 Å². The number of benzene rings is 2. The Morgan fingerprint density at radius 2 is 1.76 bits per heavy atom. The molecule has 10 heteroatoms. The van der Waals surface area contributed by atoms with Crippen LogP contribution in [0.1, 0.15) is 50.5 Å². The average molecular weight is 467 g/mol. The molecule has 3 unspecified atom stereocenters. The topological polar surface area (TPSA) is 95.6 Å². The van der Waals surface area contributed by atoms with Crippen LogP contribution < -0.4 is 10.1 Å². The predicted octanol–water partition coefficient (Wildman–Crippen LogP) is 4.09. The van der Waals surface area contributed by atoms with E-state index in [1.807, 2.05) is 54.2 Å². The lowest BCUT2D eigenvalue weighted by atomic mass is 9.85. The highest BCUT2D eigenvalue weighted by atomic mass is 35.5. The van der Waals surface area contributed by atoms with E-state index in [1.54, 1.807) is 23.1 Å². The van der Waals surface area contributed by atoms with Gasteiger partial charge >= 0.3 is 0 Å². The first-order valence-electron chi connectivity index (χ1n) is 10.6. The summed E-state index contributed by atoms with van der Waals surface area (Å²) in [5.41, 5.74) is 0.738. The number of aromatic nitrogens is 7. The van der Waals surface area contributed by atoms with Crippen molar-refractivity contribution in [3.05, 3.63) is 83.7 Å². The minimum Gasteiger partial charge on any atom is -0.466 e. The van der Waals surface area contributed by atoms with Crippen LogP contribution in [0.4, 0.5) is 0 Å². The van der Waals surface area contributed by atoms with E-state index in [2.05, 4.69) is 51.7 Å². The molecule has 0 saturated heterocycles. The standard InChI is InChI=1S/C23H27ClN8O/c1-23(2,3)20(22(31-15-26-14-27-31)33-18-12-10-17(24)11-13-18)32-21(28-29-30-32)19(25-4)16-8-6-5-7-9-16/h5-15,19-20,22,25H,1-4H3. The van der Waals surface area contributed by atoms with E-state index in [1.165, 1.54) is 6.33 Å². The molecule has 2 aromatic heterocycles. The van der Waals surface area contributed by atoms with Crippen molar-refractivity contribution < 1.29 is 4.74 Å². The normalized spacial score (nSPS) is 14.6. The Balaban J connectivity index is 1.81. The third-order valence-electron chi connectivity index (χ3n) is 5.39. The van der Waals surface area contributed by atoms with Gasteiger partial charge in [0, 0.05) is 5.02 Å². The van der Waals surface area contributed by atoms with E-state index in [-0.39, 0.29) is 17.5 Å². The van der Waals surface area contributed by atoms with Crippen molar-refractivity contribution in [1.29, 1.82) is 0 Å². The van der Waals surface area contributed by atoms with Crippen LogP contribution in [-0.4, -0.2) is 42.0 Å². The highest BCUT2D eigenvalue weighted by Crippen LogP contribution is 2.41. The Morgan fingerprint density at radius 3 is 2.36 bits per heavy atom. The van der Waals surface area contributed by atoms with Crippen LogP contribution in [-0.2, 0) is 0 Å². The minimum atomic E-state index is -0.579. The molecule has 0 saturated carbocycles. The second-order valence-electron chi connectivity index (χ2n) is 8.76. The van der Waals surface area contributed by atoms with Crippen molar-refractivity contribution in [1.82, 2.24) is 40.3 Å². The Hall–Kier alpha value is -3.30. The van der Waals surface area contributed by atoms with Gasteiger partial charge in [-0.3, -0.25) is 0 Å². The minimum absolute atomic E-state index is 0.210. The first-order valence-corrected chi connectivity index (χ1v) is 11.0. The van der Waals surface area contributed by atoms with Crippen LogP contribution in [0, 0.1) is 5.41 Å². The largest absolute Gasteiger partial charge is 0.466 e. The van der Waals surface area contributed by atoms with Gasteiger partial charge in [0.1, 0.15) is 24.4 Å². The van der Waals surface area contributed by atoms with Crippen LogP contribution >= 0.6 is 11.6 Å². The number of halogens is 1. The summed E-state index contributed by atoms with van der Waals surface area (Å²) in [5.74, 6) is 1.32. The van der Waals surface area contributed by atoms with Gasteiger partial charge in [-0.25, -0.2) is 14.3 Å². The predicted molar refractivity (Wildman–Crippen MR) is 125 cm³/mol. The summed E-state index contributed by atoms with van der Waals surface area (Å²) < 4.78 is 9.98. The first-order chi connectivity index (χ1) is 15.9. The van der Waals surface area contributed by atoms with Gasteiger partial charge in [0.25, 0.3) is 0 Å². The lowest BCUT2D eigenvalue weighted by molar-refractivity contribution is -0.000729. The number of tetrazole rings is 1. The molecule has 2 aromatic carbocycles. The van der Waals surface area contributed by atoms with Gasteiger partial charge < -0.3 is 10.1 Å². The van der Waals surface area contributed by atoms with Crippen molar-refractivity contribution >= 4 is 11.6 Å². The van der Waals surface area contributed by atoms with E-state index in [9.17, 15) is 0 Å². The van der Waals surface area contributed by atoms with Crippen molar-refractivity contribution in [3.8, 4) is 5.75 Å². The number of rotatable bonds is 8. The van der Waals surface area contributed by atoms with Crippen molar-refractivity contribution in [2.75, 3.05) is 7.05 Å². The summed E-state index contributed by atoms with van der Waals surface area (Å²) >= 11 is 6.07. The number of ether oxygens (including phenoxy) is 1. The van der Waals surface area contributed by atoms with Gasteiger partial charge in [0.2, 0.25) is 6.23 Å². The lowest BCUT2D eigenvalue weighted by Crippen LogP contribution is -2.39. The highest BCUT2D eigenvalue weighted by molar-refractivity contribution is 6.30. The molecule has 2 heterocycles. The van der Waals surface area contributed by atoms with Crippen LogP contribution in [0.2, 0.25) is 5.02 Å². The SMILES string of the molecule is CNC(c1ccccc1)c1nnnn1C(C(Oc1ccc(Cl)cc1)n1cncn1)C(C)(C)C. The number of hydrogen-bond donors (Lipinski definition) is 1. The number of nitrogens with one attached hydrogen (secondary N) is 1. The lowest BCUT2D eigenvalue weighted by Gasteiger charge is -2.37. The average Bonchev–Trinajstić information content (AvgIpc) is 3.48. The zero-order valence-corrected chi connectivity index (χ0v) is 19.8. The summed E-state index contributed by atoms with van der Waals surface area (Å²) in [4.78, 5) is 4.14. The summed E-state index contributed by atoms with van der Waals surface area (Å²) in [6.07, 6.45) is 2.54. The molecule has 0 amide bonds. The fourth-order valence-corrected chi connectivity index (χ4v) is 3.98. The molecule has 0 aliphatic heterocycles. The fraction of sp³-hybridized carbons (Fsp3) is 0.348. The molecule has 3 atom stereocenters. The van der Waals surface area contributed by atoms with E-state index in [0.717, 1.165) is 5.56 Å². The zero-order chi connectivity index (χ0) is 23.4. The van der Waals surface area contributed by atoms with Gasteiger partial charge in [0.05, 0.1) is 6.04 Å². The van der Waals surface area contributed by atoms with E-state index >= 15 is 0 Å². The molecule has 1 N–H and O–H groups in total. The van der Waals surface area contributed by atoms with Gasteiger partial charge in [0.15, 0.2) is 5.82 Å². The molecule has 172 valence electrons. The fourth-order valence-electron chi connectivity index (χ4n) is 3.86. The Morgan fingerprint density at radius 1 is 1.03 bits per heavy atom. The van der Waals surface area contributed by atoms with Crippen molar-refractivity contribution in [2.24, 2.45) is 5.41 Å². The molecular formula is C23H27ClN8O. The van der Waals surface area contributed by atoms with E-state index in [0.29, 0.717) is 16.6 Å². The summed E-state index contributed by atoms with van der Waals surface area (Å²) in [7, 11) is 1.89. The first kappa shape index (κ1) is 22.9. The molecule has 0 aliphatic carbocycles. The molecule has 0 radical (unpaired) electrons. The van der Waals surface area contributed by atoms with Crippen molar-refractivity contribution in [2.45, 2.75) is 39.1 Å². The smallest absolute Gasteiger partial charge is 0.215 e. The molecule has 33 heavy (non-hydrogen) atoms. The molecule has 9 nitrogen and oxygen atoms in total. The summed E-state index contributed by atoms with van der Waals surface area (Å²) in [6, 6.07) is 16.8. The Bertz CT molecular complexity index is 1140. The van der Waals surface area contributed by atoms with Gasteiger partial charge in [-0.1, -0.05) is 62.7 Å². The quantitative estimate of drug-likeness (QED) is 0.417. The maximum Gasteiger partial charge on any atom is 0.215 e. The van der Waals surface area contributed by atoms with Gasteiger partial charge in [-0.2, -0.15) is 5.10 Å². The molecule has 0 bridgehead atoms. The monoisotopic (exact) mass is 466 g/mol. The summed E-state index contributed by atoms with van der Waals surface area (Å²) in [6.45, 7) is 6.36. The summed E-state index contributed by atoms with van der Waals surface area (Å²) in [5, 5.41) is 21.2. The molecule has 4 aromatic rings. The van der Waals surface area contributed by atoms with E-state index < -0.39 is 6.23 Å². The molecule has 0 aliphatic rings. The molecule has 0 fully saturated rings. The number of nitrogens with zero attached hydrogens (tertiary/aromatic N) is 7. The maximum absolute atomic E-state index is 6.47. The molecular weight excluding hydrogens is 440 g/mol. The molecule has 0 spiro atoms. The van der Waals surface area contributed by atoms with Gasteiger partial charge in [-0.05, 0) is 52.7 Å². The zero-order valence-electron chi connectivity index (χ0n) is 19.0. The Labute approximate surface area is 197 Å². The van der Waals surface area contributed by atoms with Crippen LogP contribution in [0.15, 0.2) is 67.3 Å². The van der Waals surface area contributed by atoms with E-state index in [4.69, 9.17) is 16.3 Å². The molecule has 4 rings (SSSR count). The Kier molecular flexibility index (Phi) is 6.71. The second kappa shape index (κ2) is 9.68. The van der Waals surface area contributed by atoms with Crippen molar-refractivity contribution in [3.63, 3.8) is 0 Å². The second-order valence-corrected chi connectivity index (χ2v) is 9.20.